The monoisotopic (exact) mass is 336 g/mol. The van der Waals surface area contributed by atoms with Gasteiger partial charge in [-0.2, -0.15) is 0 Å². The van der Waals surface area contributed by atoms with Gasteiger partial charge in [0.2, 0.25) is 10.0 Å². The maximum atomic E-state index is 13.1. The van der Waals surface area contributed by atoms with Gasteiger partial charge in [0.15, 0.2) is 0 Å². The summed E-state index contributed by atoms with van der Waals surface area (Å²) in [4.78, 5) is 0. The van der Waals surface area contributed by atoms with Crippen LogP contribution in [0.25, 0.3) is 0 Å². The van der Waals surface area contributed by atoms with Crippen molar-refractivity contribution in [1.82, 2.24) is 10.0 Å². The van der Waals surface area contributed by atoms with Gasteiger partial charge in [0.05, 0.1) is 5.75 Å². The van der Waals surface area contributed by atoms with Crippen molar-refractivity contribution in [2.45, 2.75) is 25.8 Å². The fourth-order valence-corrected chi connectivity index (χ4v) is 3.08. The van der Waals surface area contributed by atoms with Crippen LogP contribution in [0.1, 0.15) is 22.3 Å². The Bertz CT molecular complexity index is 776. The van der Waals surface area contributed by atoms with Crippen LogP contribution < -0.4 is 10.0 Å². The maximum absolute atomic E-state index is 13.1. The SMILES string of the molecule is CNS(=O)(=O)Cc1cccc(CNCc2ccc(F)cc2C)c1. The van der Waals surface area contributed by atoms with Crippen LogP contribution >= 0.6 is 0 Å². The van der Waals surface area contributed by atoms with E-state index >= 15 is 0 Å². The van der Waals surface area contributed by atoms with Crippen LogP contribution in [0, 0.1) is 12.7 Å². The standard InChI is InChI=1S/C17H21FN2O2S/c1-13-8-17(18)7-6-16(13)11-20-10-14-4-3-5-15(9-14)12-23(21,22)19-2/h3-9,19-20H,10-12H2,1-2H3. The molecule has 6 heteroatoms. The summed E-state index contributed by atoms with van der Waals surface area (Å²) in [5.41, 5.74) is 3.71. The van der Waals surface area contributed by atoms with Gasteiger partial charge in [-0.1, -0.05) is 30.3 Å². The highest BCUT2D eigenvalue weighted by Crippen LogP contribution is 2.11. The molecule has 0 atom stereocenters. The van der Waals surface area contributed by atoms with Crippen molar-refractivity contribution in [3.05, 3.63) is 70.5 Å². The van der Waals surface area contributed by atoms with Crippen LogP contribution in [0.4, 0.5) is 4.39 Å². The number of sulfonamides is 1. The lowest BCUT2D eigenvalue weighted by molar-refractivity contribution is 0.587. The maximum Gasteiger partial charge on any atom is 0.215 e. The lowest BCUT2D eigenvalue weighted by Gasteiger charge is -2.09. The zero-order valence-corrected chi connectivity index (χ0v) is 14.1. The Morgan fingerprint density at radius 2 is 1.78 bits per heavy atom. The van der Waals surface area contributed by atoms with Crippen LogP contribution in [0.3, 0.4) is 0 Å². The van der Waals surface area contributed by atoms with E-state index in [1.165, 1.54) is 19.2 Å². The highest BCUT2D eigenvalue weighted by Gasteiger charge is 2.08. The third-order valence-electron chi connectivity index (χ3n) is 3.61. The molecule has 0 fully saturated rings. The molecule has 0 amide bonds. The summed E-state index contributed by atoms with van der Waals surface area (Å²) in [5.74, 6) is -0.265. The first-order valence-corrected chi connectivity index (χ1v) is 8.99. The molecule has 0 bridgehead atoms. The van der Waals surface area contributed by atoms with Gasteiger partial charge in [-0.15, -0.1) is 0 Å². The van der Waals surface area contributed by atoms with E-state index in [2.05, 4.69) is 10.0 Å². The average molecular weight is 336 g/mol. The summed E-state index contributed by atoms with van der Waals surface area (Å²) in [7, 11) is -1.86. The molecule has 2 N–H and O–H groups in total. The number of rotatable bonds is 7. The Labute approximate surface area is 136 Å². The van der Waals surface area contributed by atoms with E-state index in [0.29, 0.717) is 13.1 Å². The molecule has 0 saturated carbocycles. The van der Waals surface area contributed by atoms with Gasteiger partial charge in [-0.05, 0) is 48.4 Å². The number of halogens is 1. The summed E-state index contributed by atoms with van der Waals surface area (Å²) >= 11 is 0. The van der Waals surface area contributed by atoms with Crippen molar-refractivity contribution >= 4 is 10.0 Å². The number of aryl methyl sites for hydroxylation is 1. The fourth-order valence-electron chi connectivity index (χ4n) is 2.32. The normalized spacial score (nSPS) is 11.6. The quantitative estimate of drug-likeness (QED) is 0.817. The molecule has 0 heterocycles. The molecule has 0 aromatic heterocycles. The summed E-state index contributed by atoms with van der Waals surface area (Å²) in [6.45, 7) is 3.12. The molecule has 0 unspecified atom stereocenters. The first-order chi connectivity index (χ1) is 10.9. The van der Waals surface area contributed by atoms with E-state index in [9.17, 15) is 12.8 Å². The molecule has 0 spiro atoms. The average Bonchev–Trinajstić information content (AvgIpc) is 2.49. The van der Waals surface area contributed by atoms with E-state index in [1.54, 1.807) is 12.1 Å². The minimum absolute atomic E-state index is 0.0333. The summed E-state index contributed by atoms with van der Waals surface area (Å²) < 4.78 is 38.6. The number of hydrogen-bond donors (Lipinski definition) is 2. The molecule has 2 rings (SSSR count). The van der Waals surface area contributed by atoms with Gasteiger partial charge in [-0.3, -0.25) is 0 Å². The smallest absolute Gasteiger partial charge is 0.215 e. The number of nitrogens with one attached hydrogen (secondary N) is 2. The van der Waals surface area contributed by atoms with E-state index in [4.69, 9.17) is 0 Å². The Kier molecular flexibility index (Phi) is 5.87. The molecule has 0 aliphatic carbocycles. The summed E-state index contributed by atoms with van der Waals surface area (Å²) in [5, 5.41) is 3.29. The van der Waals surface area contributed by atoms with E-state index in [-0.39, 0.29) is 11.6 Å². The molecule has 2 aromatic carbocycles. The van der Waals surface area contributed by atoms with Gasteiger partial charge >= 0.3 is 0 Å². The van der Waals surface area contributed by atoms with Gasteiger partial charge in [0.1, 0.15) is 5.82 Å². The first-order valence-electron chi connectivity index (χ1n) is 7.34. The van der Waals surface area contributed by atoms with Crippen LogP contribution in [0.2, 0.25) is 0 Å². The zero-order chi connectivity index (χ0) is 16.9. The second-order valence-corrected chi connectivity index (χ2v) is 7.38. The minimum atomic E-state index is -3.27. The van der Waals surface area contributed by atoms with E-state index < -0.39 is 10.0 Å². The van der Waals surface area contributed by atoms with Crippen molar-refractivity contribution in [3.8, 4) is 0 Å². The van der Waals surface area contributed by atoms with Crippen molar-refractivity contribution in [3.63, 3.8) is 0 Å². The molecular weight excluding hydrogens is 315 g/mol. The molecule has 2 aromatic rings. The van der Waals surface area contributed by atoms with Crippen molar-refractivity contribution in [2.75, 3.05) is 7.05 Å². The zero-order valence-electron chi connectivity index (χ0n) is 13.3. The lowest BCUT2D eigenvalue weighted by atomic mass is 10.1. The third kappa shape index (κ3) is 5.42. The van der Waals surface area contributed by atoms with Gasteiger partial charge in [0.25, 0.3) is 0 Å². The van der Waals surface area contributed by atoms with Gasteiger partial charge in [-0.25, -0.2) is 17.5 Å². The highest BCUT2D eigenvalue weighted by molar-refractivity contribution is 7.88. The van der Waals surface area contributed by atoms with Crippen molar-refractivity contribution in [1.29, 1.82) is 0 Å². The Balaban J connectivity index is 1.96. The Morgan fingerprint density at radius 3 is 2.48 bits per heavy atom. The predicted octanol–water partition coefficient (Wildman–Crippen LogP) is 2.47. The summed E-state index contributed by atoms with van der Waals surface area (Å²) in [6, 6.07) is 12.2. The summed E-state index contributed by atoms with van der Waals surface area (Å²) in [6.07, 6.45) is 0. The molecule has 4 nitrogen and oxygen atoms in total. The number of hydrogen-bond acceptors (Lipinski definition) is 3. The Hall–Kier alpha value is -1.76. The van der Waals surface area contributed by atoms with Gasteiger partial charge in [0, 0.05) is 13.1 Å². The largest absolute Gasteiger partial charge is 0.309 e. The molecule has 0 saturated heterocycles. The second-order valence-electron chi connectivity index (χ2n) is 5.46. The van der Waals surface area contributed by atoms with Crippen LogP contribution in [0.5, 0.6) is 0 Å². The van der Waals surface area contributed by atoms with Gasteiger partial charge < -0.3 is 5.32 Å². The molecule has 124 valence electrons. The fraction of sp³-hybridized carbons (Fsp3) is 0.294. The van der Waals surface area contributed by atoms with Crippen LogP contribution in [-0.2, 0) is 28.9 Å². The van der Waals surface area contributed by atoms with E-state index in [1.807, 2.05) is 25.1 Å². The molecule has 23 heavy (non-hydrogen) atoms. The van der Waals surface area contributed by atoms with E-state index in [0.717, 1.165) is 22.3 Å². The molecule has 0 radical (unpaired) electrons. The third-order valence-corrected chi connectivity index (χ3v) is 4.94. The molecule has 0 aliphatic heterocycles. The minimum Gasteiger partial charge on any atom is -0.309 e. The predicted molar refractivity (Wildman–Crippen MR) is 89.8 cm³/mol. The molecular formula is C17H21FN2O2S. The first kappa shape index (κ1) is 17.6. The van der Waals surface area contributed by atoms with Crippen molar-refractivity contribution in [2.24, 2.45) is 0 Å². The van der Waals surface area contributed by atoms with Crippen LogP contribution in [-0.4, -0.2) is 15.5 Å². The highest BCUT2D eigenvalue weighted by atomic mass is 32.2. The second kappa shape index (κ2) is 7.68. The number of benzene rings is 2. The molecule has 0 aliphatic rings. The topological polar surface area (TPSA) is 58.2 Å². The lowest BCUT2D eigenvalue weighted by Crippen LogP contribution is -2.20. The Morgan fingerprint density at radius 1 is 1.04 bits per heavy atom. The van der Waals surface area contributed by atoms with Crippen LogP contribution in [0.15, 0.2) is 42.5 Å². The van der Waals surface area contributed by atoms with Crippen molar-refractivity contribution < 1.29 is 12.8 Å².